The lowest BCUT2D eigenvalue weighted by Gasteiger charge is -2.23. The first-order chi connectivity index (χ1) is 17.7. The highest BCUT2D eigenvalue weighted by Gasteiger charge is 2.21. The van der Waals surface area contributed by atoms with Crippen LogP contribution < -0.4 is 27.0 Å². The van der Waals surface area contributed by atoms with Crippen LogP contribution in [0.15, 0.2) is 90.9 Å². The molecule has 5 N–H and O–H groups in total. The standard InChI is InChI=1S/C28H26ClN7/c1-2-24(18-9-5-3-6-10-18)34-26-20(15-30)16-31-28-22(26)13-21(14-23(28)29)33-27(25-17-32-36-35-25)19-11-7-4-8-12-19/h3-14,16-17,24,27,32-33,35-36H,2H2,1H3,(H,31,34)/t24-,27-/m1/s1. The lowest BCUT2D eigenvalue weighted by atomic mass is 10.0. The molecular formula is C28H26ClN7. The third-order valence-corrected chi connectivity index (χ3v) is 6.52. The summed E-state index contributed by atoms with van der Waals surface area (Å²) in [5.41, 5.74) is 14.8. The Kier molecular flexibility index (Phi) is 6.89. The maximum atomic E-state index is 9.90. The Labute approximate surface area is 215 Å². The molecule has 7 nitrogen and oxygen atoms in total. The molecule has 1 aliphatic rings. The molecule has 0 unspecified atom stereocenters. The number of rotatable bonds is 8. The van der Waals surface area contributed by atoms with Gasteiger partial charge in [0.05, 0.1) is 39.6 Å². The molecule has 4 aromatic rings. The van der Waals surface area contributed by atoms with Gasteiger partial charge in [0.25, 0.3) is 0 Å². The van der Waals surface area contributed by atoms with Crippen LogP contribution in [0.5, 0.6) is 0 Å². The molecule has 36 heavy (non-hydrogen) atoms. The topological polar surface area (TPSA) is 96.8 Å². The molecule has 2 atom stereocenters. The number of aromatic nitrogens is 1. The van der Waals surface area contributed by atoms with Crippen molar-refractivity contribution in [3.63, 3.8) is 0 Å². The van der Waals surface area contributed by atoms with Gasteiger partial charge in [0.2, 0.25) is 0 Å². The van der Waals surface area contributed by atoms with Crippen molar-refractivity contribution in [3.05, 3.63) is 113 Å². The number of benzene rings is 3. The highest BCUT2D eigenvalue weighted by atomic mass is 35.5. The van der Waals surface area contributed by atoms with Gasteiger partial charge in [0, 0.05) is 23.5 Å². The van der Waals surface area contributed by atoms with E-state index in [-0.39, 0.29) is 12.1 Å². The van der Waals surface area contributed by atoms with Gasteiger partial charge in [-0.2, -0.15) is 10.8 Å². The van der Waals surface area contributed by atoms with Crippen molar-refractivity contribution in [2.75, 3.05) is 10.6 Å². The van der Waals surface area contributed by atoms with Crippen molar-refractivity contribution in [1.29, 1.82) is 5.26 Å². The highest BCUT2D eigenvalue weighted by molar-refractivity contribution is 6.35. The average molecular weight is 496 g/mol. The fourth-order valence-electron chi connectivity index (χ4n) is 4.43. The first-order valence-corrected chi connectivity index (χ1v) is 12.2. The van der Waals surface area contributed by atoms with Crippen LogP contribution in [0.2, 0.25) is 5.02 Å². The summed E-state index contributed by atoms with van der Waals surface area (Å²) < 4.78 is 0. The number of halogens is 1. The van der Waals surface area contributed by atoms with E-state index >= 15 is 0 Å². The second kappa shape index (κ2) is 10.6. The molecule has 0 fully saturated rings. The van der Waals surface area contributed by atoms with Crippen LogP contribution in [-0.4, -0.2) is 4.98 Å². The van der Waals surface area contributed by atoms with Gasteiger partial charge in [-0.25, -0.2) is 0 Å². The van der Waals surface area contributed by atoms with E-state index in [2.05, 4.69) is 69.3 Å². The third-order valence-electron chi connectivity index (χ3n) is 6.24. The number of nitriles is 1. The quantitative estimate of drug-likeness (QED) is 0.207. The first kappa shape index (κ1) is 23.5. The Morgan fingerprint density at radius 1 is 1.00 bits per heavy atom. The van der Waals surface area contributed by atoms with Crippen LogP contribution in [0, 0.1) is 11.3 Å². The molecule has 0 saturated carbocycles. The van der Waals surface area contributed by atoms with Crippen molar-refractivity contribution >= 4 is 33.9 Å². The zero-order chi connectivity index (χ0) is 24.9. The summed E-state index contributed by atoms with van der Waals surface area (Å²) in [5.74, 6) is 0. The Bertz CT molecular complexity index is 1430. The van der Waals surface area contributed by atoms with Gasteiger partial charge < -0.3 is 21.5 Å². The number of nitrogens with one attached hydrogen (secondary N) is 5. The Morgan fingerprint density at radius 3 is 2.36 bits per heavy atom. The summed E-state index contributed by atoms with van der Waals surface area (Å²) in [4.78, 5) is 4.51. The summed E-state index contributed by atoms with van der Waals surface area (Å²) in [6.45, 7) is 2.12. The first-order valence-electron chi connectivity index (χ1n) is 11.8. The van der Waals surface area contributed by atoms with Crippen LogP contribution >= 0.6 is 11.6 Å². The molecule has 0 radical (unpaired) electrons. The minimum absolute atomic E-state index is 0.0290. The molecule has 5 rings (SSSR count). The van der Waals surface area contributed by atoms with E-state index in [9.17, 15) is 5.26 Å². The van der Waals surface area contributed by atoms with Gasteiger partial charge in [-0.15, -0.1) is 0 Å². The number of fused-ring (bicyclic) bond motifs is 1. The predicted octanol–water partition coefficient (Wildman–Crippen LogP) is 5.93. The van der Waals surface area contributed by atoms with Crippen LogP contribution in [0.25, 0.3) is 10.9 Å². The number of hydrazine groups is 2. The number of hydrogen-bond donors (Lipinski definition) is 5. The highest BCUT2D eigenvalue weighted by Crippen LogP contribution is 2.37. The molecule has 1 aromatic heterocycles. The molecular weight excluding hydrogens is 470 g/mol. The van der Waals surface area contributed by atoms with E-state index in [1.54, 1.807) is 6.20 Å². The monoisotopic (exact) mass is 495 g/mol. The predicted molar refractivity (Wildman–Crippen MR) is 145 cm³/mol. The van der Waals surface area contributed by atoms with Gasteiger partial charge in [-0.05, 0) is 29.7 Å². The zero-order valence-electron chi connectivity index (χ0n) is 19.7. The van der Waals surface area contributed by atoms with Gasteiger partial charge in [-0.1, -0.05) is 79.2 Å². The molecule has 0 spiro atoms. The second-order valence-electron chi connectivity index (χ2n) is 8.51. The number of anilines is 2. The number of pyridine rings is 1. The minimum atomic E-state index is -0.168. The lowest BCUT2D eigenvalue weighted by molar-refractivity contribution is 0.583. The van der Waals surface area contributed by atoms with E-state index in [0.717, 1.165) is 40.0 Å². The zero-order valence-corrected chi connectivity index (χ0v) is 20.5. The van der Waals surface area contributed by atoms with E-state index in [4.69, 9.17) is 11.6 Å². The smallest absolute Gasteiger partial charge is 0.103 e. The van der Waals surface area contributed by atoms with Gasteiger partial charge in [0.1, 0.15) is 6.07 Å². The molecule has 1 aliphatic heterocycles. The Morgan fingerprint density at radius 2 is 1.72 bits per heavy atom. The van der Waals surface area contributed by atoms with Crippen LogP contribution in [0.4, 0.5) is 11.4 Å². The average Bonchev–Trinajstić information content (AvgIpc) is 3.46. The van der Waals surface area contributed by atoms with E-state index < -0.39 is 0 Å². The van der Waals surface area contributed by atoms with Gasteiger partial charge >= 0.3 is 0 Å². The van der Waals surface area contributed by atoms with Crippen molar-refractivity contribution < 1.29 is 0 Å². The molecule has 0 aliphatic carbocycles. The summed E-state index contributed by atoms with van der Waals surface area (Å²) in [5, 5.41) is 18.4. The molecule has 3 aromatic carbocycles. The van der Waals surface area contributed by atoms with Crippen LogP contribution in [-0.2, 0) is 0 Å². The number of nitrogens with zero attached hydrogens (tertiary/aromatic N) is 2. The third kappa shape index (κ3) is 4.78. The van der Waals surface area contributed by atoms with Gasteiger partial charge in [0.15, 0.2) is 0 Å². The molecule has 2 heterocycles. The molecule has 180 valence electrons. The van der Waals surface area contributed by atoms with E-state index in [0.29, 0.717) is 16.1 Å². The summed E-state index contributed by atoms with van der Waals surface area (Å²) >= 11 is 6.74. The van der Waals surface area contributed by atoms with Crippen molar-refractivity contribution in [2.45, 2.75) is 25.4 Å². The maximum Gasteiger partial charge on any atom is 0.103 e. The fraction of sp³-hybridized carbons (Fsp3) is 0.143. The van der Waals surface area contributed by atoms with Crippen molar-refractivity contribution in [2.24, 2.45) is 0 Å². The second-order valence-corrected chi connectivity index (χ2v) is 8.92. The summed E-state index contributed by atoms with van der Waals surface area (Å²) in [7, 11) is 0. The summed E-state index contributed by atoms with van der Waals surface area (Å²) in [6, 6.07) is 26.4. The van der Waals surface area contributed by atoms with Crippen LogP contribution in [0.3, 0.4) is 0 Å². The summed E-state index contributed by atoms with van der Waals surface area (Å²) in [6.07, 6.45) is 4.31. The fourth-order valence-corrected chi connectivity index (χ4v) is 4.70. The molecule has 0 saturated heterocycles. The largest absolute Gasteiger partial charge is 0.377 e. The van der Waals surface area contributed by atoms with Crippen molar-refractivity contribution in [3.8, 4) is 6.07 Å². The van der Waals surface area contributed by atoms with Gasteiger partial charge in [-0.3, -0.25) is 4.98 Å². The van der Waals surface area contributed by atoms with Crippen molar-refractivity contribution in [1.82, 2.24) is 21.4 Å². The maximum absolute atomic E-state index is 9.90. The molecule has 8 heteroatoms. The van der Waals surface area contributed by atoms with E-state index in [1.807, 2.05) is 54.7 Å². The normalized spacial score (nSPS) is 14.2. The SMILES string of the molecule is CC[C@@H](Nc1c(C#N)cnc2c(Cl)cc(N[C@@H](C3=CNNN3)c3ccccc3)cc12)c1ccccc1. The number of hydrogen-bond acceptors (Lipinski definition) is 7. The van der Waals surface area contributed by atoms with Crippen LogP contribution in [0.1, 0.15) is 42.1 Å². The molecule has 0 bridgehead atoms. The Hall–Kier alpha value is -4.25. The Balaban J connectivity index is 1.58. The molecule has 0 amide bonds. The van der Waals surface area contributed by atoms with E-state index in [1.165, 1.54) is 0 Å². The lowest BCUT2D eigenvalue weighted by Crippen LogP contribution is -2.33. The minimum Gasteiger partial charge on any atom is -0.377 e.